The van der Waals surface area contributed by atoms with Crippen molar-refractivity contribution >= 4 is 21.6 Å². The average Bonchev–Trinajstić information content (AvgIpc) is 2.55. The van der Waals surface area contributed by atoms with Crippen molar-refractivity contribution in [1.29, 1.82) is 0 Å². The highest BCUT2D eigenvalue weighted by Crippen LogP contribution is 2.28. The number of anilines is 1. The third-order valence-electron chi connectivity index (χ3n) is 3.24. The first kappa shape index (κ1) is 17.7. The highest BCUT2D eigenvalue weighted by molar-refractivity contribution is 7.89. The van der Waals surface area contributed by atoms with Gasteiger partial charge in [-0.15, -0.1) is 0 Å². The molecule has 1 amide bonds. The second kappa shape index (κ2) is 6.85. The van der Waals surface area contributed by atoms with E-state index in [-0.39, 0.29) is 21.7 Å². The van der Waals surface area contributed by atoms with Gasteiger partial charge in [0.1, 0.15) is 5.75 Å². The van der Waals surface area contributed by atoms with Crippen LogP contribution in [-0.2, 0) is 10.0 Å². The van der Waals surface area contributed by atoms with Gasteiger partial charge in [0.2, 0.25) is 15.6 Å². The molecule has 9 heteroatoms. The molecule has 0 atom stereocenters. The number of rotatable bonds is 5. The lowest BCUT2D eigenvalue weighted by molar-refractivity contribution is 0.102. The number of aromatic amines is 1. The van der Waals surface area contributed by atoms with E-state index in [9.17, 15) is 18.0 Å². The summed E-state index contributed by atoms with van der Waals surface area (Å²) in [7, 11) is 0.586. The number of nitrogens with zero attached hydrogens (tertiary/aromatic N) is 1. The summed E-state index contributed by atoms with van der Waals surface area (Å²) < 4.78 is 30.6. The predicted octanol–water partition coefficient (Wildman–Crippen LogP) is 0.886. The Labute approximate surface area is 139 Å². The molecule has 1 heterocycles. The smallest absolute Gasteiger partial charge is 0.257 e. The molecule has 0 saturated carbocycles. The molecule has 0 fully saturated rings. The van der Waals surface area contributed by atoms with Gasteiger partial charge in [-0.2, -0.15) is 0 Å². The normalized spacial score (nSPS) is 11.3. The fourth-order valence-electron chi connectivity index (χ4n) is 1.90. The van der Waals surface area contributed by atoms with Crippen LogP contribution < -0.4 is 15.6 Å². The lowest BCUT2D eigenvalue weighted by atomic mass is 10.2. The number of nitrogens with one attached hydrogen (secondary N) is 2. The molecule has 2 N–H and O–H groups in total. The number of sulfonamides is 1. The SMILES string of the molecule is COc1ccc(S(=O)(=O)N(C)C)cc1NC(=O)c1ccc(=O)[nH]c1. The summed E-state index contributed by atoms with van der Waals surface area (Å²) in [5.41, 5.74) is 0.0948. The van der Waals surface area contributed by atoms with Gasteiger partial charge in [-0.25, -0.2) is 12.7 Å². The molecule has 0 aliphatic rings. The first-order valence-electron chi connectivity index (χ1n) is 6.86. The summed E-state index contributed by atoms with van der Waals surface area (Å²) in [5, 5.41) is 2.58. The number of carbonyl (C=O) groups is 1. The van der Waals surface area contributed by atoms with Gasteiger partial charge >= 0.3 is 0 Å². The molecule has 0 aliphatic carbocycles. The molecule has 1 aromatic heterocycles. The molecule has 0 unspecified atom stereocenters. The highest BCUT2D eigenvalue weighted by atomic mass is 32.2. The van der Waals surface area contributed by atoms with Gasteiger partial charge in [0.15, 0.2) is 0 Å². The molecule has 24 heavy (non-hydrogen) atoms. The van der Waals surface area contributed by atoms with Crippen molar-refractivity contribution in [2.24, 2.45) is 0 Å². The molecule has 0 radical (unpaired) electrons. The Morgan fingerprint density at radius 3 is 2.46 bits per heavy atom. The first-order valence-corrected chi connectivity index (χ1v) is 8.30. The minimum absolute atomic E-state index is 0.0186. The molecule has 8 nitrogen and oxygen atoms in total. The maximum absolute atomic E-state index is 12.2. The van der Waals surface area contributed by atoms with E-state index in [1.807, 2.05) is 0 Å². The Hall–Kier alpha value is -2.65. The van der Waals surface area contributed by atoms with Crippen LogP contribution in [0.3, 0.4) is 0 Å². The lowest BCUT2D eigenvalue weighted by Gasteiger charge is -2.15. The van der Waals surface area contributed by atoms with E-state index in [0.717, 1.165) is 4.31 Å². The Bertz CT molecular complexity index is 898. The number of hydrogen-bond donors (Lipinski definition) is 2. The van der Waals surface area contributed by atoms with Crippen molar-refractivity contribution < 1.29 is 17.9 Å². The Balaban J connectivity index is 2.39. The fraction of sp³-hybridized carbons (Fsp3) is 0.200. The molecule has 2 aromatic rings. The predicted molar refractivity (Wildman–Crippen MR) is 88.9 cm³/mol. The number of hydrogen-bond acceptors (Lipinski definition) is 5. The first-order chi connectivity index (χ1) is 11.3. The van der Waals surface area contributed by atoms with Crippen molar-refractivity contribution in [2.75, 3.05) is 26.5 Å². The fourth-order valence-corrected chi connectivity index (χ4v) is 2.83. The van der Waals surface area contributed by atoms with Crippen LogP contribution in [0.2, 0.25) is 0 Å². The zero-order chi connectivity index (χ0) is 17.9. The quantitative estimate of drug-likeness (QED) is 0.831. The molecule has 0 saturated heterocycles. The topological polar surface area (TPSA) is 109 Å². The number of benzene rings is 1. The molecule has 0 aliphatic heterocycles. The van der Waals surface area contributed by atoms with Crippen molar-refractivity contribution in [1.82, 2.24) is 9.29 Å². The summed E-state index contributed by atoms with van der Waals surface area (Å²) in [5.74, 6) is -0.200. The lowest BCUT2D eigenvalue weighted by Crippen LogP contribution is -2.22. The van der Waals surface area contributed by atoms with Crippen LogP contribution >= 0.6 is 0 Å². The maximum atomic E-state index is 12.2. The third-order valence-corrected chi connectivity index (χ3v) is 5.06. The zero-order valence-electron chi connectivity index (χ0n) is 13.4. The number of pyridine rings is 1. The van der Waals surface area contributed by atoms with Gasteiger partial charge < -0.3 is 15.0 Å². The zero-order valence-corrected chi connectivity index (χ0v) is 14.2. The monoisotopic (exact) mass is 351 g/mol. The summed E-state index contributed by atoms with van der Waals surface area (Å²) in [4.78, 5) is 25.7. The second-order valence-electron chi connectivity index (χ2n) is 5.05. The van der Waals surface area contributed by atoms with Crippen molar-refractivity contribution in [3.63, 3.8) is 0 Å². The number of carbonyl (C=O) groups excluding carboxylic acids is 1. The van der Waals surface area contributed by atoms with Crippen LogP contribution in [0.5, 0.6) is 5.75 Å². The van der Waals surface area contributed by atoms with Crippen LogP contribution in [-0.4, -0.2) is 44.8 Å². The third kappa shape index (κ3) is 3.63. The Morgan fingerprint density at radius 1 is 1.21 bits per heavy atom. The van der Waals surface area contributed by atoms with E-state index < -0.39 is 15.9 Å². The van der Waals surface area contributed by atoms with Gasteiger partial charge in [-0.3, -0.25) is 9.59 Å². The summed E-state index contributed by atoms with van der Waals surface area (Å²) in [6, 6.07) is 6.75. The largest absolute Gasteiger partial charge is 0.495 e. The minimum atomic E-state index is -3.65. The molecule has 1 aromatic carbocycles. The van der Waals surface area contributed by atoms with Gasteiger partial charge in [0.05, 0.1) is 23.3 Å². The summed E-state index contributed by atoms with van der Waals surface area (Å²) in [6.07, 6.45) is 1.27. The van der Waals surface area contributed by atoms with Crippen LogP contribution in [0.1, 0.15) is 10.4 Å². The molecule has 0 spiro atoms. The number of amides is 1. The van der Waals surface area contributed by atoms with Gasteiger partial charge in [0.25, 0.3) is 5.91 Å². The van der Waals surface area contributed by atoms with Crippen LogP contribution in [0, 0.1) is 0 Å². The highest BCUT2D eigenvalue weighted by Gasteiger charge is 2.20. The number of methoxy groups -OCH3 is 1. The van der Waals surface area contributed by atoms with Gasteiger partial charge in [0, 0.05) is 26.4 Å². The van der Waals surface area contributed by atoms with Crippen molar-refractivity contribution in [3.8, 4) is 5.75 Å². The number of H-pyrrole nitrogens is 1. The summed E-state index contributed by atoms with van der Waals surface area (Å²) in [6.45, 7) is 0. The molecular formula is C15H17N3O5S. The second-order valence-corrected chi connectivity index (χ2v) is 7.20. The molecular weight excluding hydrogens is 334 g/mol. The molecule has 128 valence electrons. The van der Waals surface area contributed by atoms with E-state index >= 15 is 0 Å². The molecule has 0 bridgehead atoms. The standard InChI is InChI=1S/C15H17N3O5S/c1-18(2)24(21,22)11-5-6-13(23-3)12(8-11)17-15(20)10-4-7-14(19)16-9-10/h4-9H,1-3H3,(H,16,19)(H,17,20). The van der Waals surface area contributed by atoms with Crippen molar-refractivity contribution in [2.45, 2.75) is 4.90 Å². The average molecular weight is 351 g/mol. The molecule has 2 rings (SSSR count). The van der Waals surface area contributed by atoms with Gasteiger partial charge in [-0.1, -0.05) is 0 Å². The van der Waals surface area contributed by atoms with Crippen LogP contribution in [0.4, 0.5) is 5.69 Å². The van der Waals surface area contributed by atoms with Crippen molar-refractivity contribution in [3.05, 3.63) is 52.4 Å². The van der Waals surface area contributed by atoms with Crippen LogP contribution in [0.25, 0.3) is 0 Å². The van der Waals surface area contributed by atoms with Gasteiger partial charge in [-0.05, 0) is 24.3 Å². The summed E-state index contributed by atoms with van der Waals surface area (Å²) >= 11 is 0. The van der Waals surface area contributed by atoms with E-state index in [1.54, 1.807) is 0 Å². The maximum Gasteiger partial charge on any atom is 0.257 e. The van der Waals surface area contributed by atoms with E-state index in [0.29, 0.717) is 5.75 Å². The van der Waals surface area contributed by atoms with E-state index in [1.165, 1.54) is 57.7 Å². The number of ether oxygens (including phenoxy) is 1. The van der Waals surface area contributed by atoms with E-state index in [2.05, 4.69) is 10.3 Å². The van der Waals surface area contributed by atoms with Crippen LogP contribution in [0.15, 0.2) is 46.2 Å². The van der Waals surface area contributed by atoms with E-state index in [4.69, 9.17) is 4.74 Å². The Kier molecular flexibility index (Phi) is 5.05. The Morgan fingerprint density at radius 2 is 1.92 bits per heavy atom. The minimum Gasteiger partial charge on any atom is -0.495 e. The number of aromatic nitrogens is 1.